The number of rotatable bonds is 6. The summed E-state index contributed by atoms with van der Waals surface area (Å²) in [5.74, 6) is 1.85. The molecule has 1 unspecified atom stereocenters. The van der Waals surface area contributed by atoms with E-state index in [9.17, 15) is 4.79 Å². The number of likely N-dealkylation sites (N-methyl/N-ethyl adjacent to an activating group) is 1. The summed E-state index contributed by atoms with van der Waals surface area (Å²) >= 11 is 0. The van der Waals surface area contributed by atoms with Crippen LogP contribution in [-0.4, -0.2) is 62.6 Å². The minimum Gasteiger partial charge on any atom is -0.496 e. The predicted molar refractivity (Wildman–Crippen MR) is 97.8 cm³/mol. The maximum atomic E-state index is 12.5. The molecule has 1 saturated heterocycles. The first-order valence-electron chi connectivity index (χ1n) is 8.50. The molecule has 1 aromatic carbocycles. The maximum absolute atomic E-state index is 12.5. The summed E-state index contributed by atoms with van der Waals surface area (Å²) < 4.78 is 5.51. The fourth-order valence-electron chi connectivity index (χ4n) is 3.27. The molecule has 134 valence electrons. The van der Waals surface area contributed by atoms with Gasteiger partial charge in [0.25, 0.3) is 0 Å². The molecule has 1 saturated carbocycles. The number of carbonyl (C=O) groups is 1. The third-order valence-electron chi connectivity index (χ3n) is 4.85. The van der Waals surface area contributed by atoms with Crippen molar-refractivity contribution in [2.45, 2.75) is 18.9 Å². The van der Waals surface area contributed by atoms with Gasteiger partial charge in [-0.05, 0) is 24.8 Å². The zero-order valence-electron chi connectivity index (χ0n) is 14.5. The smallest absolute Gasteiger partial charge is 0.236 e. The lowest BCUT2D eigenvalue weighted by Crippen LogP contribution is -2.50. The van der Waals surface area contributed by atoms with Crippen LogP contribution in [0.1, 0.15) is 24.4 Å². The number of benzene rings is 1. The van der Waals surface area contributed by atoms with Crippen LogP contribution in [-0.2, 0) is 4.79 Å². The molecule has 5 nitrogen and oxygen atoms in total. The quantitative estimate of drug-likeness (QED) is 0.848. The maximum Gasteiger partial charge on any atom is 0.236 e. The van der Waals surface area contributed by atoms with Crippen LogP contribution < -0.4 is 10.1 Å². The van der Waals surface area contributed by atoms with E-state index in [-0.39, 0.29) is 24.4 Å². The van der Waals surface area contributed by atoms with Crippen LogP contribution in [0.25, 0.3) is 0 Å². The third-order valence-corrected chi connectivity index (χ3v) is 4.85. The molecular weight excluding hydrogens is 326 g/mol. The van der Waals surface area contributed by atoms with Crippen LogP contribution in [0.5, 0.6) is 5.75 Å². The molecule has 1 N–H and O–H groups in total. The zero-order valence-corrected chi connectivity index (χ0v) is 15.3. The number of halogens is 1. The van der Waals surface area contributed by atoms with E-state index < -0.39 is 0 Å². The Bertz CT molecular complexity index is 551. The summed E-state index contributed by atoms with van der Waals surface area (Å²) in [5.41, 5.74) is 1.15. The Kier molecular flexibility index (Phi) is 6.90. The Morgan fingerprint density at radius 3 is 2.83 bits per heavy atom. The summed E-state index contributed by atoms with van der Waals surface area (Å²) in [7, 11) is 3.63. The number of nitrogens with one attached hydrogen (secondary N) is 1. The number of amides is 1. The summed E-state index contributed by atoms with van der Waals surface area (Å²) in [4.78, 5) is 16.7. The van der Waals surface area contributed by atoms with Gasteiger partial charge in [0.15, 0.2) is 0 Å². The number of methoxy groups -OCH3 is 1. The molecule has 0 bridgehead atoms. The minimum atomic E-state index is 0. The number of hydrogen-bond acceptors (Lipinski definition) is 4. The van der Waals surface area contributed by atoms with Gasteiger partial charge in [-0.25, -0.2) is 0 Å². The molecular formula is C18H28ClN3O2. The molecule has 0 spiro atoms. The summed E-state index contributed by atoms with van der Waals surface area (Å²) in [5, 5.41) is 3.44. The van der Waals surface area contributed by atoms with Gasteiger partial charge in [0, 0.05) is 38.8 Å². The average molecular weight is 354 g/mol. The van der Waals surface area contributed by atoms with Gasteiger partial charge < -0.3 is 15.0 Å². The Morgan fingerprint density at radius 2 is 2.12 bits per heavy atom. The number of piperazine rings is 1. The van der Waals surface area contributed by atoms with Crippen LogP contribution in [0.3, 0.4) is 0 Å². The fourth-order valence-corrected chi connectivity index (χ4v) is 3.27. The summed E-state index contributed by atoms with van der Waals surface area (Å²) in [6, 6.07) is 8.28. The van der Waals surface area contributed by atoms with E-state index in [1.54, 1.807) is 7.11 Å². The van der Waals surface area contributed by atoms with Gasteiger partial charge >= 0.3 is 0 Å². The van der Waals surface area contributed by atoms with Crippen LogP contribution in [0.15, 0.2) is 24.3 Å². The number of carbonyl (C=O) groups excluding carboxylic acids is 1. The van der Waals surface area contributed by atoms with E-state index in [1.165, 1.54) is 12.8 Å². The predicted octanol–water partition coefficient (Wildman–Crippen LogP) is 1.93. The normalized spacial score (nSPS) is 21.0. The highest BCUT2D eigenvalue weighted by molar-refractivity contribution is 5.85. The number of ether oxygens (including phenoxy) is 1. The topological polar surface area (TPSA) is 44.8 Å². The van der Waals surface area contributed by atoms with Gasteiger partial charge in [0.1, 0.15) is 5.75 Å². The average Bonchev–Trinajstić information content (AvgIpc) is 3.39. The van der Waals surface area contributed by atoms with Crippen molar-refractivity contribution >= 4 is 18.3 Å². The first-order chi connectivity index (χ1) is 11.2. The van der Waals surface area contributed by atoms with Crippen LogP contribution >= 0.6 is 12.4 Å². The monoisotopic (exact) mass is 353 g/mol. The molecule has 24 heavy (non-hydrogen) atoms. The largest absolute Gasteiger partial charge is 0.496 e. The number of hydrogen-bond donors (Lipinski definition) is 1. The van der Waals surface area contributed by atoms with Crippen molar-refractivity contribution in [2.75, 3.05) is 46.9 Å². The second-order valence-electron chi connectivity index (χ2n) is 6.65. The van der Waals surface area contributed by atoms with E-state index in [1.807, 2.05) is 30.1 Å². The van der Waals surface area contributed by atoms with Crippen LogP contribution in [0, 0.1) is 5.92 Å². The summed E-state index contributed by atoms with van der Waals surface area (Å²) in [6.45, 7) is 4.04. The standard InChI is InChI=1S/C18H27N3O2.ClH/c1-20(12-14-7-8-14)18(22)13-21-10-9-19-11-16(21)15-5-3-4-6-17(15)23-2;/h3-6,14,16,19H,7-13H2,1-2H3;1H. The van der Waals surface area contributed by atoms with Crippen LogP contribution in [0.2, 0.25) is 0 Å². The van der Waals surface area contributed by atoms with Gasteiger partial charge in [-0.15, -0.1) is 12.4 Å². The molecule has 0 radical (unpaired) electrons. The van der Waals surface area contributed by atoms with Crippen molar-refractivity contribution in [1.29, 1.82) is 0 Å². The van der Waals surface area contributed by atoms with Crippen molar-refractivity contribution in [2.24, 2.45) is 5.92 Å². The van der Waals surface area contributed by atoms with Crippen molar-refractivity contribution < 1.29 is 9.53 Å². The Hall–Kier alpha value is -1.30. The molecule has 1 aromatic rings. The van der Waals surface area contributed by atoms with Gasteiger partial charge in [0.2, 0.25) is 5.91 Å². The number of para-hydroxylation sites is 1. The molecule has 6 heteroatoms. The highest BCUT2D eigenvalue weighted by Crippen LogP contribution is 2.31. The van der Waals surface area contributed by atoms with Gasteiger partial charge in [0.05, 0.1) is 19.7 Å². The fraction of sp³-hybridized carbons (Fsp3) is 0.611. The molecule has 1 amide bonds. The Balaban J connectivity index is 0.00000208. The highest BCUT2D eigenvalue weighted by Gasteiger charge is 2.30. The molecule has 1 aliphatic heterocycles. The van der Waals surface area contributed by atoms with Crippen molar-refractivity contribution in [3.05, 3.63) is 29.8 Å². The highest BCUT2D eigenvalue weighted by atomic mass is 35.5. The molecule has 0 aromatic heterocycles. The van der Waals surface area contributed by atoms with E-state index >= 15 is 0 Å². The van der Waals surface area contributed by atoms with Crippen molar-refractivity contribution in [3.8, 4) is 5.75 Å². The van der Waals surface area contributed by atoms with Gasteiger partial charge in [-0.2, -0.15) is 0 Å². The van der Waals surface area contributed by atoms with Gasteiger partial charge in [-0.3, -0.25) is 9.69 Å². The molecule has 3 rings (SSSR count). The zero-order chi connectivity index (χ0) is 16.2. The second kappa shape index (κ2) is 8.70. The van der Waals surface area contributed by atoms with E-state index in [0.717, 1.165) is 43.4 Å². The molecule has 1 heterocycles. The first-order valence-corrected chi connectivity index (χ1v) is 8.50. The third kappa shape index (κ3) is 4.62. The van der Waals surface area contributed by atoms with Crippen molar-refractivity contribution in [1.82, 2.24) is 15.1 Å². The van der Waals surface area contributed by atoms with Gasteiger partial charge in [-0.1, -0.05) is 18.2 Å². The Morgan fingerprint density at radius 1 is 1.38 bits per heavy atom. The lowest BCUT2D eigenvalue weighted by atomic mass is 10.0. The summed E-state index contributed by atoms with van der Waals surface area (Å²) in [6.07, 6.45) is 2.55. The second-order valence-corrected chi connectivity index (χ2v) is 6.65. The molecule has 1 aliphatic carbocycles. The Labute approximate surface area is 150 Å². The van der Waals surface area contributed by atoms with Crippen molar-refractivity contribution in [3.63, 3.8) is 0 Å². The first kappa shape index (κ1) is 19.0. The van der Waals surface area contributed by atoms with Crippen LogP contribution in [0.4, 0.5) is 0 Å². The molecule has 2 aliphatic rings. The lowest BCUT2D eigenvalue weighted by Gasteiger charge is -2.37. The lowest BCUT2D eigenvalue weighted by molar-refractivity contribution is -0.132. The van der Waals surface area contributed by atoms with E-state index in [4.69, 9.17) is 4.74 Å². The number of nitrogens with zero attached hydrogens (tertiary/aromatic N) is 2. The SMILES string of the molecule is COc1ccccc1C1CNCCN1CC(=O)N(C)CC1CC1.Cl. The minimum absolute atomic E-state index is 0. The van der Waals surface area contributed by atoms with E-state index in [2.05, 4.69) is 16.3 Å². The molecule has 1 atom stereocenters. The van der Waals surface area contributed by atoms with E-state index in [0.29, 0.717) is 6.54 Å². The molecule has 2 fully saturated rings.